The van der Waals surface area contributed by atoms with Crippen LogP contribution in [0.2, 0.25) is 5.02 Å². The van der Waals surface area contributed by atoms with E-state index in [9.17, 15) is 0 Å². The predicted octanol–water partition coefficient (Wildman–Crippen LogP) is 6.72. The van der Waals surface area contributed by atoms with Crippen molar-refractivity contribution in [3.8, 4) is 0 Å². The second kappa shape index (κ2) is 7.19. The van der Waals surface area contributed by atoms with E-state index in [1.165, 1.54) is 22.3 Å². The van der Waals surface area contributed by atoms with Gasteiger partial charge in [-0.3, -0.25) is 0 Å². The van der Waals surface area contributed by atoms with Gasteiger partial charge in [0.05, 0.1) is 5.41 Å². The SMILES string of the molecule is Clc1ccc(C(c2ccccc2)(c2ccccc2)c2ccccc2)cc1. The number of rotatable bonds is 4. The van der Waals surface area contributed by atoms with Crippen molar-refractivity contribution in [2.24, 2.45) is 0 Å². The summed E-state index contributed by atoms with van der Waals surface area (Å²) in [5.74, 6) is 0. The lowest BCUT2D eigenvalue weighted by Gasteiger charge is -2.36. The molecule has 0 fully saturated rings. The van der Waals surface area contributed by atoms with Crippen molar-refractivity contribution in [3.63, 3.8) is 0 Å². The fourth-order valence-electron chi connectivity index (χ4n) is 3.76. The van der Waals surface area contributed by atoms with Gasteiger partial charge >= 0.3 is 0 Å². The van der Waals surface area contributed by atoms with Crippen molar-refractivity contribution in [2.75, 3.05) is 0 Å². The zero-order valence-electron chi connectivity index (χ0n) is 14.3. The molecule has 0 aromatic heterocycles. The van der Waals surface area contributed by atoms with Crippen LogP contribution >= 0.6 is 11.6 Å². The molecule has 0 aliphatic heterocycles. The molecular formula is C25H19Cl. The average Bonchev–Trinajstić information content (AvgIpc) is 2.72. The van der Waals surface area contributed by atoms with Gasteiger partial charge in [0, 0.05) is 5.02 Å². The minimum absolute atomic E-state index is 0.394. The number of benzene rings is 4. The summed E-state index contributed by atoms with van der Waals surface area (Å²) in [4.78, 5) is 0. The van der Waals surface area contributed by atoms with Gasteiger partial charge in [0.2, 0.25) is 0 Å². The molecule has 0 saturated heterocycles. The molecule has 0 atom stereocenters. The van der Waals surface area contributed by atoms with Gasteiger partial charge in [0.15, 0.2) is 0 Å². The Morgan fingerprint density at radius 2 is 0.692 bits per heavy atom. The van der Waals surface area contributed by atoms with Crippen LogP contribution < -0.4 is 0 Å². The molecule has 0 nitrogen and oxygen atoms in total. The van der Waals surface area contributed by atoms with Crippen LogP contribution in [0, 0.1) is 0 Å². The second-order valence-corrected chi connectivity index (χ2v) is 6.79. The maximum Gasteiger partial charge on any atom is 0.0701 e. The van der Waals surface area contributed by atoms with Crippen LogP contribution in [0.15, 0.2) is 115 Å². The molecule has 1 heteroatoms. The third kappa shape index (κ3) is 2.83. The zero-order valence-corrected chi connectivity index (χ0v) is 15.1. The summed E-state index contributed by atoms with van der Waals surface area (Å²) in [5, 5.41) is 0.747. The van der Waals surface area contributed by atoms with Crippen LogP contribution in [0.3, 0.4) is 0 Å². The molecule has 0 heterocycles. The summed E-state index contributed by atoms with van der Waals surface area (Å²) < 4.78 is 0. The first-order valence-electron chi connectivity index (χ1n) is 8.74. The highest BCUT2D eigenvalue weighted by atomic mass is 35.5. The Morgan fingerprint density at radius 3 is 1.04 bits per heavy atom. The van der Waals surface area contributed by atoms with Gasteiger partial charge in [-0.15, -0.1) is 0 Å². The molecule has 0 saturated carbocycles. The molecular weight excluding hydrogens is 336 g/mol. The highest BCUT2D eigenvalue weighted by molar-refractivity contribution is 6.30. The van der Waals surface area contributed by atoms with E-state index in [-0.39, 0.29) is 0 Å². The monoisotopic (exact) mass is 354 g/mol. The molecule has 4 rings (SSSR count). The van der Waals surface area contributed by atoms with Crippen molar-refractivity contribution in [1.29, 1.82) is 0 Å². The normalized spacial score (nSPS) is 11.3. The smallest absolute Gasteiger partial charge is 0.0701 e. The van der Waals surface area contributed by atoms with E-state index < -0.39 is 5.41 Å². The number of hydrogen-bond donors (Lipinski definition) is 0. The van der Waals surface area contributed by atoms with Gasteiger partial charge in [-0.25, -0.2) is 0 Å². The highest BCUT2D eigenvalue weighted by Crippen LogP contribution is 2.45. The first-order valence-corrected chi connectivity index (χ1v) is 9.12. The molecule has 0 aliphatic rings. The minimum Gasteiger partial charge on any atom is -0.0843 e. The van der Waals surface area contributed by atoms with Gasteiger partial charge in [-0.2, -0.15) is 0 Å². The van der Waals surface area contributed by atoms with Gasteiger partial charge < -0.3 is 0 Å². The summed E-state index contributed by atoms with van der Waals surface area (Å²) in [6.45, 7) is 0. The van der Waals surface area contributed by atoms with Gasteiger partial charge in [0.25, 0.3) is 0 Å². The van der Waals surface area contributed by atoms with Crippen LogP contribution in [0.1, 0.15) is 22.3 Å². The van der Waals surface area contributed by atoms with E-state index >= 15 is 0 Å². The van der Waals surface area contributed by atoms with Crippen molar-refractivity contribution in [1.82, 2.24) is 0 Å². The zero-order chi connectivity index (χ0) is 17.8. The molecule has 0 spiro atoms. The summed E-state index contributed by atoms with van der Waals surface area (Å²) in [6, 6.07) is 40.2. The molecule has 0 bridgehead atoms. The maximum atomic E-state index is 6.20. The van der Waals surface area contributed by atoms with Gasteiger partial charge in [0.1, 0.15) is 0 Å². The average molecular weight is 355 g/mol. The quantitative estimate of drug-likeness (QED) is 0.357. The number of hydrogen-bond acceptors (Lipinski definition) is 0. The molecule has 126 valence electrons. The lowest BCUT2D eigenvalue weighted by atomic mass is 9.65. The number of halogens is 1. The van der Waals surface area contributed by atoms with E-state index in [0.29, 0.717) is 0 Å². The first kappa shape index (κ1) is 16.6. The Morgan fingerprint density at radius 1 is 0.385 bits per heavy atom. The summed E-state index contributed by atoms with van der Waals surface area (Å²) in [6.07, 6.45) is 0. The fraction of sp³-hybridized carbons (Fsp3) is 0.0400. The third-order valence-corrected chi connectivity index (χ3v) is 5.15. The van der Waals surface area contributed by atoms with Crippen molar-refractivity contribution < 1.29 is 0 Å². The van der Waals surface area contributed by atoms with Crippen LogP contribution in [0.4, 0.5) is 0 Å². The van der Waals surface area contributed by atoms with Crippen LogP contribution in [0.5, 0.6) is 0 Å². The first-order chi connectivity index (χ1) is 12.8. The molecule has 0 unspecified atom stereocenters. The highest BCUT2D eigenvalue weighted by Gasteiger charge is 2.37. The Kier molecular flexibility index (Phi) is 4.60. The van der Waals surface area contributed by atoms with Crippen LogP contribution in [-0.2, 0) is 5.41 Å². The Balaban J connectivity index is 2.12. The van der Waals surface area contributed by atoms with Gasteiger partial charge in [-0.05, 0) is 34.4 Å². The molecule has 4 aromatic rings. The second-order valence-electron chi connectivity index (χ2n) is 6.35. The maximum absolute atomic E-state index is 6.20. The largest absolute Gasteiger partial charge is 0.0843 e. The molecule has 26 heavy (non-hydrogen) atoms. The van der Waals surface area contributed by atoms with Crippen molar-refractivity contribution >= 4 is 11.6 Å². The lowest BCUT2D eigenvalue weighted by molar-refractivity contribution is 0.745. The van der Waals surface area contributed by atoms with E-state index in [1.807, 2.05) is 12.1 Å². The molecule has 0 amide bonds. The van der Waals surface area contributed by atoms with E-state index in [0.717, 1.165) is 5.02 Å². The Labute approximate surface area is 159 Å². The van der Waals surface area contributed by atoms with E-state index in [4.69, 9.17) is 11.6 Å². The fourth-order valence-corrected chi connectivity index (χ4v) is 3.89. The Bertz CT molecular complexity index is 862. The minimum atomic E-state index is -0.394. The molecule has 0 aliphatic carbocycles. The predicted molar refractivity (Wildman–Crippen MR) is 110 cm³/mol. The topological polar surface area (TPSA) is 0 Å². The van der Waals surface area contributed by atoms with Crippen molar-refractivity contribution in [2.45, 2.75) is 5.41 Å². The van der Waals surface area contributed by atoms with E-state index in [1.54, 1.807) is 0 Å². The lowest BCUT2D eigenvalue weighted by Crippen LogP contribution is -2.30. The standard InChI is InChI=1S/C25H19Cl/c26-24-18-16-23(17-19-24)25(20-10-4-1-5-11-20,21-12-6-2-7-13-21)22-14-8-3-9-15-22/h1-19H. The van der Waals surface area contributed by atoms with Crippen molar-refractivity contribution in [3.05, 3.63) is 143 Å². The summed E-state index contributed by atoms with van der Waals surface area (Å²) >= 11 is 6.20. The van der Waals surface area contributed by atoms with E-state index in [2.05, 4.69) is 103 Å². The summed E-state index contributed by atoms with van der Waals surface area (Å²) in [7, 11) is 0. The Hall–Kier alpha value is -2.83. The third-order valence-electron chi connectivity index (χ3n) is 4.90. The molecule has 0 radical (unpaired) electrons. The molecule has 4 aromatic carbocycles. The summed E-state index contributed by atoms with van der Waals surface area (Å²) in [5.41, 5.74) is 4.51. The van der Waals surface area contributed by atoms with Gasteiger partial charge in [-0.1, -0.05) is 115 Å². The van der Waals surface area contributed by atoms with Crippen LogP contribution in [-0.4, -0.2) is 0 Å². The molecule has 0 N–H and O–H groups in total. The van der Waals surface area contributed by atoms with Crippen LogP contribution in [0.25, 0.3) is 0 Å².